The number of hydrogen-bond acceptors (Lipinski definition) is 4. The molecule has 0 fully saturated rings. The van der Waals surface area contributed by atoms with Crippen LogP contribution < -0.4 is 10.6 Å². The van der Waals surface area contributed by atoms with Gasteiger partial charge in [0.1, 0.15) is 5.82 Å². The summed E-state index contributed by atoms with van der Waals surface area (Å²) in [5, 5.41) is 5.62. The number of hydrogen-bond donors (Lipinski definition) is 2. The maximum absolute atomic E-state index is 12.7. The summed E-state index contributed by atoms with van der Waals surface area (Å²) in [6.45, 7) is 1.75. The van der Waals surface area contributed by atoms with Gasteiger partial charge in [-0.15, -0.1) is 24.0 Å². The van der Waals surface area contributed by atoms with E-state index in [1.807, 2.05) is 11.9 Å². The first-order valence-corrected chi connectivity index (χ1v) is 5.70. The van der Waals surface area contributed by atoms with Gasteiger partial charge in [-0.25, -0.2) is 4.39 Å². The molecule has 19 heavy (non-hydrogen) atoms. The third kappa shape index (κ3) is 4.66. The third-order valence-electron chi connectivity index (χ3n) is 2.59. The molecule has 1 aromatic carbocycles. The minimum absolute atomic E-state index is 0. The summed E-state index contributed by atoms with van der Waals surface area (Å²) in [5.41, 5.74) is 0.574. The normalized spacial score (nSPS) is 13.6. The molecule has 2 N–H and O–H groups in total. The van der Waals surface area contributed by atoms with Crippen molar-refractivity contribution in [1.82, 2.24) is 10.2 Å². The van der Waals surface area contributed by atoms with Gasteiger partial charge in [0, 0.05) is 19.3 Å². The lowest BCUT2D eigenvalue weighted by Crippen LogP contribution is -2.39. The lowest BCUT2D eigenvalue weighted by Gasteiger charge is -2.14. The van der Waals surface area contributed by atoms with Crippen LogP contribution in [0.4, 0.5) is 10.1 Å². The highest BCUT2D eigenvalue weighted by atomic mass is 127. The van der Waals surface area contributed by atoms with E-state index in [4.69, 9.17) is 0 Å². The number of benzene rings is 1. The minimum atomic E-state index is -0.326. The standard InChI is InChI=1S/C12H15FN4O.HI/c1-17-7-6-14-12(17)15-8-11(18)16-10-4-2-9(13)3-5-10;/h2-5H,6-8H2,1H3,(H,14,15)(H,16,18);1H. The van der Waals surface area contributed by atoms with Crippen LogP contribution in [0.2, 0.25) is 0 Å². The van der Waals surface area contributed by atoms with Crippen LogP contribution >= 0.6 is 24.0 Å². The number of aliphatic imine (C=N–C) groups is 1. The molecule has 7 heteroatoms. The van der Waals surface area contributed by atoms with Gasteiger partial charge in [-0.3, -0.25) is 9.79 Å². The van der Waals surface area contributed by atoms with E-state index in [0.29, 0.717) is 5.69 Å². The Hall–Kier alpha value is -1.38. The average molecular weight is 378 g/mol. The zero-order valence-corrected chi connectivity index (χ0v) is 12.8. The number of carbonyl (C=O) groups excluding carboxylic acids is 1. The van der Waals surface area contributed by atoms with Gasteiger partial charge in [-0.05, 0) is 24.3 Å². The zero-order chi connectivity index (χ0) is 13.0. The van der Waals surface area contributed by atoms with Crippen molar-refractivity contribution in [3.05, 3.63) is 30.1 Å². The largest absolute Gasteiger partial charge is 0.347 e. The average Bonchev–Trinajstić information content (AvgIpc) is 2.75. The Bertz CT molecular complexity index is 463. The van der Waals surface area contributed by atoms with Crippen LogP contribution in [0, 0.1) is 5.82 Å². The molecular formula is C12H16FIN4O. The summed E-state index contributed by atoms with van der Waals surface area (Å²) in [4.78, 5) is 17.8. The summed E-state index contributed by atoms with van der Waals surface area (Å²) in [5.74, 6) is 0.210. The fourth-order valence-electron chi connectivity index (χ4n) is 1.62. The second-order valence-corrected chi connectivity index (χ2v) is 4.04. The van der Waals surface area contributed by atoms with Crippen molar-refractivity contribution >= 4 is 41.5 Å². The number of likely N-dealkylation sites (N-methyl/N-ethyl adjacent to an activating group) is 1. The van der Waals surface area contributed by atoms with E-state index in [2.05, 4.69) is 15.6 Å². The van der Waals surface area contributed by atoms with Crippen molar-refractivity contribution in [3.8, 4) is 0 Å². The smallest absolute Gasteiger partial charge is 0.243 e. The molecule has 1 aliphatic heterocycles. The second kappa shape index (κ2) is 7.27. The summed E-state index contributed by atoms with van der Waals surface area (Å²) in [7, 11) is 1.91. The molecule has 0 spiro atoms. The molecule has 0 saturated heterocycles. The van der Waals surface area contributed by atoms with Crippen LogP contribution in [0.15, 0.2) is 29.3 Å². The number of anilines is 1. The molecule has 104 valence electrons. The Morgan fingerprint density at radius 3 is 2.68 bits per heavy atom. The predicted molar refractivity (Wildman–Crippen MR) is 83.4 cm³/mol. The first-order chi connectivity index (χ1) is 8.65. The topological polar surface area (TPSA) is 56.7 Å². The minimum Gasteiger partial charge on any atom is -0.347 e. The van der Waals surface area contributed by atoms with E-state index >= 15 is 0 Å². The number of halogens is 2. The number of amides is 1. The van der Waals surface area contributed by atoms with Crippen molar-refractivity contribution < 1.29 is 9.18 Å². The van der Waals surface area contributed by atoms with Crippen LogP contribution in [-0.2, 0) is 4.79 Å². The molecule has 0 saturated carbocycles. The molecule has 0 aliphatic carbocycles. The Balaban J connectivity index is 0.00000180. The second-order valence-electron chi connectivity index (χ2n) is 4.04. The SMILES string of the molecule is CN1CCN=C1NCC(=O)Nc1ccc(F)cc1.I. The predicted octanol–water partition coefficient (Wildman–Crippen LogP) is 1.27. The molecule has 1 amide bonds. The van der Waals surface area contributed by atoms with Gasteiger partial charge in [0.25, 0.3) is 0 Å². The lowest BCUT2D eigenvalue weighted by molar-refractivity contribution is -0.115. The van der Waals surface area contributed by atoms with Crippen molar-refractivity contribution in [2.45, 2.75) is 0 Å². The highest BCUT2D eigenvalue weighted by Crippen LogP contribution is 2.07. The molecule has 0 unspecified atom stereocenters. The molecule has 0 atom stereocenters. The number of carbonyl (C=O) groups is 1. The molecular weight excluding hydrogens is 362 g/mol. The number of nitrogens with one attached hydrogen (secondary N) is 2. The number of rotatable bonds is 3. The molecule has 2 rings (SSSR count). The first kappa shape index (κ1) is 15.7. The Kier molecular flexibility index (Phi) is 6.00. The van der Waals surface area contributed by atoms with Crippen molar-refractivity contribution in [2.24, 2.45) is 4.99 Å². The first-order valence-electron chi connectivity index (χ1n) is 5.70. The quantitative estimate of drug-likeness (QED) is 0.780. The van der Waals surface area contributed by atoms with Crippen molar-refractivity contribution in [2.75, 3.05) is 32.0 Å². The molecule has 1 aliphatic rings. The van der Waals surface area contributed by atoms with E-state index in [1.54, 1.807) is 0 Å². The lowest BCUT2D eigenvalue weighted by atomic mass is 10.3. The monoisotopic (exact) mass is 378 g/mol. The number of nitrogens with zero attached hydrogens (tertiary/aromatic N) is 2. The maximum atomic E-state index is 12.7. The molecule has 1 aromatic rings. The Labute approximate surface area is 128 Å². The summed E-state index contributed by atoms with van der Waals surface area (Å²) in [6.07, 6.45) is 0. The summed E-state index contributed by atoms with van der Waals surface area (Å²) >= 11 is 0. The molecule has 0 aromatic heterocycles. The van der Waals surface area contributed by atoms with Crippen LogP contribution in [0.25, 0.3) is 0 Å². The Morgan fingerprint density at radius 2 is 2.11 bits per heavy atom. The van der Waals surface area contributed by atoms with Gasteiger partial charge in [0.05, 0.1) is 13.1 Å². The van der Waals surface area contributed by atoms with Crippen molar-refractivity contribution in [1.29, 1.82) is 0 Å². The van der Waals surface area contributed by atoms with E-state index in [1.165, 1.54) is 24.3 Å². The van der Waals surface area contributed by atoms with Gasteiger partial charge in [0.2, 0.25) is 5.91 Å². The summed E-state index contributed by atoms with van der Waals surface area (Å²) in [6, 6.07) is 5.65. The highest BCUT2D eigenvalue weighted by Gasteiger charge is 2.12. The highest BCUT2D eigenvalue weighted by molar-refractivity contribution is 14.0. The molecule has 5 nitrogen and oxygen atoms in total. The zero-order valence-electron chi connectivity index (χ0n) is 10.5. The van der Waals surface area contributed by atoms with Crippen LogP contribution in [0.5, 0.6) is 0 Å². The van der Waals surface area contributed by atoms with Crippen LogP contribution in [0.1, 0.15) is 0 Å². The van der Waals surface area contributed by atoms with Gasteiger partial charge in [-0.1, -0.05) is 0 Å². The van der Waals surface area contributed by atoms with Gasteiger partial charge in [-0.2, -0.15) is 0 Å². The third-order valence-corrected chi connectivity index (χ3v) is 2.59. The van der Waals surface area contributed by atoms with Crippen molar-refractivity contribution in [3.63, 3.8) is 0 Å². The van der Waals surface area contributed by atoms with Gasteiger partial charge < -0.3 is 15.5 Å². The maximum Gasteiger partial charge on any atom is 0.243 e. The molecule has 0 bridgehead atoms. The van der Waals surface area contributed by atoms with E-state index in [-0.39, 0.29) is 42.2 Å². The van der Waals surface area contributed by atoms with E-state index in [0.717, 1.165) is 19.0 Å². The number of guanidine groups is 1. The molecule has 0 radical (unpaired) electrons. The van der Waals surface area contributed by atoms with Gasteiger partial charge in [0.15, 0.2) is 5.96 Å². The van der Waals surface area contributed by atoms with Crippen LogP contribution in [-0.4, -0.2) is 43.4 Å². The fourth-order valence-corrected chi connectivity index (χ4v) is 1.62. The summed E-state index contributed by atoms with van der Waals surface area (Å²) < 4.78 is 12.7. The van der Waals surface area contributed by atoms with Crippen LogP contribution in [0.3, 0.4) is 0 Å². The van der Waals surface area contributed by atoms with Gasteiger partial charge >= 0.3 is 0 Å². The van der Waals surface area contributed by atoms with E-state index < -0.39 is 0 Å². The fraction of sp³-hybridized carbons (Fsp3) is 0.333. The van der Waals surface area contributed by atoms with E-state index in [9.17, 15) is 9.18 Å². The Morgan fingerprint density at radius 1 is 1.42 bits per heavy atom. The molecule has 1 heterocycles.